The van der Waals surface area contributed by atoms with Crippen molar-refractivity contribution in [3.63, 3.8) is 0 Å². The molecule has 0 radical (unpaired) electrons. The minimum absolute atomic E-state index is 0.296. The predicted molar refractivity (Wildman–Crippen MR) is 88.0 cm³/mol. The Balaban J connectivity index is 1.86. The molecule has 0 bridgehead atoms. The Morgan fingerprint density at radius 3 is 2.38 bits per heavy atom. The molecule has 1 aliphatic rings. The highest BCUT2D eigenvalue weighted by Crippen LogP contribution is 2.25. The minimum Gasteiger partial charge on any atom is -0.282 e. The van der Waals surface area contributed by atoms with E-state index in [0.717, 1.165) is 23.7 Å². The molecule has 3 nitrogen and oxygen atoms in total. The summed E-state index contributed by atoms with van der Waals surface area (Å²) in [6.45, 7) is 2.23. The number of nitrogens with one attached hydrogen (secondary N) is 1. The number of carbonyl (C=O) groups excluding carboxylic acids is 2. The van der Waals surface area contributed by atoms with Crippen LogP contribution in [0.3, 0.4) is 0 Å². The van der Waals surface area contributed by atoms with Crippen molar-refractivity contribution in [3.8, 4) is 0 Å². The molecule has 1 fully saturated rings. The SMILES string of the molecule is CCCCCCCc1ccc(C=C2SC(=O)NC2=O)cc1. The number of thioether (sulfide) groups is 1. The third-order valence-electron chi connectivity index (χ3n) is 3.49. The van der Waals surface area contributed by atoms with Crippen molar-refractivity contribution in [1.82, 2.24) is 5.32 Å². The Labute approximate surface area is 130 Å². The standard InChI is InChI=1S/C17H21NO2S/c1-2-3-4-5-6-7-13-8-10-14(11-9-13)12-15-16(19)18-17(20)21-15/h8-12H,2-7H2,1H3,(H,18,19,20). The zero-order valence-corrected chi connectivity index (χ0v) is 13.2. The van der Waals surface area contributed by atoms with Crippen LogP contribution in [0.15, 0.2) is 29.2 Å². The van der Waals surface area contributed by atoms with E-state index in [2.05, 4.69) is 24.4 Å². The van der Waals surface area contributed by atoms with Crippen LogP contribution in [0, 0.1) is 0 Å². The van der Waals surface area contributed by atoms with Gasteiger partial charge >= 0.3 is 0 Å². The molecular formula is C17H21NO2S. The monoisotopic (exact) mass is 303 g/mol. The molecule has 1 aromatic carbocycles. The van der Waals surface area contributed by atoms with Crippen molar-refractivity contribution in [1.29, 1.82) is 0 Å². The van der Waals surface area contributed by atoms with Crippen LogP contribution >= 0.6 is 11.8 Å². The first-order chi connectivity index (χ1) is 10.2. The van der Waals surface area contributed by atoms with Gasteiger partial charge in [-0.15, -0.1) is 0 Å². The summed E-state index contributed by atoms with van der Waals surface area (Å²) in [5.41, 5.74) is 2.28. The molecule has 1 aromatic rings. The van der Waals surface area contributed by atoms with Crippen molar-refractivity contribution in [3.05, 3.63) is 40.3 Å². The van der Waals surface area contributed by atoms with Crippen molar-refractivity contribution >= 4 is 29.0 Å². The number of benzene rings is 1. The van der Waals surface area contributed by atoms with Gasteiger partial charge < -0.3 is 0 Å². The van der Waals surface area contributed by atoms with Gasteiger partial charge in [-0.05, 0) is 41.8 Å². The molecule has 0 aliphatic carbocycles. The summed E-state index contributed by atoms with van der Waals surface area (Å²) < 4.78 is 0. The molecule has 112 valence electrons. The fraction of sp³-hybridized carbons (Fsp3) is 0.412. The molecule has 0 saturated carbocycles. The van der Waals surface area contributed by atoms with Gasteiger partial charge in [-0.3, -0.25) is 14.9 Å². The molecular weight excluding hydrogens is 282 g/mol. The van der Waals surface area contributed by atoms with Crippen molar-refractivity contribution < 1.29 is 9.59 Å². The number of carbonyl (C=O) groups is 2. The van der Waals surface area contributed by atoms with Gasteiger partial charge in [-0.25, -0.2) is 0 Å². The van der Waals surface area contributed by atoms with E-state index >= 15 is 0 Å². The van der Waals surface area contributed by atoms with Crippen LogP contribution < -0.4 is 5.32 Å². The Hall–Kier alpha value is -1.55. The van der Waals surface area contributed by atoms with Gasteiger partial charge in [0, 0.05) is 0 Å². The highest BCUT2D eigenvalue weighted by Gasteiger charge is 2.24. The number of hydrogen-bond donors (Lipinski definition) is 1. The molecule has 0 spiro atoms. The van der Waals surface area contributed by atoms with Crippen LogP contribution in [0.5, 0.6) is 0 Å². The zero-order valence-electron chi connectivity index (χ0n) is 12.4. The van der Waals surface area contributed by atoms with Gasteiger partial charge in [0.05, 0.1) is 4.91 Å². The second-order valence-corrected chi connectivity index (χ2v) is 6.27. The summed E-state index contributed by atoms with van der Waals surface area (Å²) in [6.07, 6.45) is 9.30. The second kappa shape index (κ2) is 8.03. The van der Waals surface area contributed by atoms with E-state index in [1.165, 1.54) is 37.7 Å². The molecule has 0 atom stereocenters. The normalized spacial score (nSPS) is 16.5. The predicted octanol–water partition coefficient (Wildman–Crippen LogP) is 4.52. The topological polar surface area (TPSA) is 46.2 Å². The lowest BCUT2D eigenvalue weighted by atomic mass is 10.0. The van der Waals surface area contributed by atoms with Gasteiger partial charge in [-0.1, -0.05) is 56.9 Å². The molecule has 2 rings (SSSR count). The first kappa shape index (κ1) is 15.8. The summed E-state index contributed by atoms with van der Waals surface area (Å²) >= 11 is 0.956. The second-order valence-electron chi connectivity index (χ2n) is 5.26. The molecule has 1 saturated heterocycles. The van der Waals surface area contributed by atoms with Gasteiger partial charge in [-0.2, -0.15) is 0 Å². The Bertz CT molecular complexity index is 534. The van der Waals surface area contributed by atoms with Crippen LogP contribution in [-0.2, 0) is 11.2 Å². The summed E-state index contributed by atoms with van der Waals surface area (Å²) in [6, 6.07) is 8.22. The van der Waals surface area contributed by atoms with E-state index in [4.69, 9.17) is 0 Å². The van der Waals surface area contributed by atoms with E-state index in [9.17, 15) is 9.59 Å². The summed E-state index contributed by atoms with van der Waals surface area (Å²) in [5.74, 6) is -0.301. The maximum absolute atomic E-state index is 11.5. The van der Waals surface area contributed by atoms with Gasteiger partial charge in [0.2, 0.25) is 0 Å². The van der Waals surface area contributed by atoms with Crippen molar-refractivity contribution in [2.24, 2.45) is 0 Å². The van der Waals surface area contributed by atoms with E-state index in [0.29, 0.717) is 4.91 Å². The number of imide groups is 1. The van der Waals surface area contributed by atoms with Crippen LogP contribution in [-0.4, -0.2) is 11.1 Å². The molecule has 4 heteroatoms. The molecule has 2 amide bonds. The van der Waals surface area contributed by atoms with Crippen LogP contribution in [0.4, 0.5) is 4.79 Å². The summed E-state index contributed by atoms with van der Waals surface area (Å²) in [5, 5.41) is 1.96. The highest BCUT2D eigenvalue weighted by atomic mass is 32.2. The third kappa shape index (κ3) is 5.05. The first-order valence-electron chi connectivity index (χ1n) is 7.53. The average Bonchev–Trinajstić information content (AvgIpc) is 2.78. The average molecular weight is 303 g/mol. The number of unbranched alkanes of at least 4 members (excludes halogenated alkanes) is 4. The largest absolute Gasteiger partial charge is 0.290 e. The Kier molecular flexibility index (Phi) is 6.05. The van der Waals surface area contributed by atoms with Gasteiger partial charge in [0.25, 0.3) is 11.1 Å². The van der Waals surface area contributed by atoms with Crippen molar-refractivity contribution in [2.45, 2.75) is 45.4 Å². The van der Waals surface area contributed by atoms with Gasteiger partial charge in [0.15, 0.2) is 0 Å². The summed E-state index contributed by atoms with van der Waals surface area (Å²) in [7, 11) is 0. The Morgan fingerprint density at radius 2 is 1.76 bits per heavy atom. The number of aryl methyl sites for hydroxylation is 1. The van der Waals surface area contributed by atoms with Crippen LogP contribution in [0.1, 0.15) is 50.2 Å². The number of amides is 2. The lowest BCUT2D eigenvalue weighted by Gasteiger charge is -2.02. The molecule has 1 N–H and O–H groups in total. The smallest absolute Gasteiger partial charge is 0.282 e. The van der Waals surface area contributed by atoms with E-state index in [1.807, 2.05) is 12.1 Å². The van der Waals surface area contributed by atoms with Crippen molar-refractivity contribution in [2.75, 3.05) is 0 Å². The fourth-order valence-electron chi connectivity index (χ4n) is 2.29. The maximum Gasteiger partial charge on any atom is 0.290 e. The molecule has 0 aromatic heterocycles. The molecule has 0 unspecified atom stereocenters. The minimum atomic E-state index is -0.301. The highest BCUT2D eigenvalue weighted by molar-refractivity contribution is 8.18. The molecule has 1 heterocycles. The quantitative estimate of drug-likeness (QED) is 0.595. The molecule has 21 heavy (non-hydrogen) atoms. The number of rotatable bonds is 7. The van der Waals surface area contributed by atoms with E-state index < -0.39 is 0 Å². The lowest BCUT2D eigenvalue weighted by molar-refractivity contribution is -0.115. The lowest BCUT2D eigenvalue weighted by Crippen LogP contribution is -2.17. The zero-order chi connectivity index (χ0) is 15.1. The maximum atomic E-state index is 11.5. The van der Waals surface area contributed by atoms with Crippen LogP contribution in [0.25, 0.3) is 6.08 Å². The van der Waals surface area contributed by atoms with Gasteiger partial charge in [0.1, 0.15) is 0 Å². The van der Waals surface area contributed by atoms with Crippen LogP contribution in [0.2, 0.25) is 0 Å². The first-order valence-corrected chi connectivity index (χ1v) is 8.34. The van der Waals surface area contributed by atoms with E-state index in [1.54, 1.807) is 6.08 Å². The molecule has 1 aliphatic heterocycles. The Morgan fingerprint density at radius 1 is 1.05 bits per heavy atom. The summed E-state index contributed by atoms with van der Waals surface area (Å²) in [4.78, 5) is 23.0. The van der Waals surface area contributed by atoms with E-state index in [-0.39, 0.29) is 11.1 Å². The third-order valence-corrected chi connectivity index (χ3v) is 4.30. The fourth-order valence-corrected chi connectivity index (χ4v) is 2.97. The number of hydrogen-bond acceptors (Lipinski definition) is 3.